The van der Waals surface area contributed by atoms with E-state index in [0.717, 1.165) is 17.2 Å². The van der Waals surface area contributed by atoms with Crippen molar-refractivity contribution >= 4 is 27.1 Å². The molecule has 2 heterocycles. The largest absolute Gasteiger partial charge is 0.506 e. The minimum atomic E-state index is -4.01. The molecule has 2 aliphatic heterocycles. The molecule has 3 aromatic rings. The molecule has 0 aliphatic carbocycles. The van der Waals surface area contributed by atoms with E-state index < -0.39 is 33.0 Å². The predicted octanol–water partition coefficient (Wildman–Crippen LogP) is 5.65. The zero-order chi connectivity index (χ0) is 29.5. The van der Waals surface area contributed by atoms with E-state index in [-0.39, 0.29) is 52.1 Å². The second-order valence-electron chi connectivity index (χ2n) is 11.2. The maximum atomic E-state index is 16.0. The highest BCUT2D eigenvalue weighted by Crippen LogP contribution is 2.51. The van der Waals surface area contributed by atoms with Gasteiger partial charge in [0, 0.05) is 17.3 Å². The van der Waals surface area contributed by atoms with Crippen molar-refractivity contribution in [2.45, 2.75) is 39.7 Å². The first-order valence-corrected chi connectivity index (χ1v) is 14.8. The van der Waals surface area contributed by atoms with Crippen LogP contribution in [0, 0.1) is 30.5 Å². The number of nitrogens with one attached hydrogen (secondary N) is 1. The van der Waals surface area contributed by atoms with Gasteiger partial charge in [-0.25, -0.2) is 12.8 Å². The average Bonchev–Trinajstić information content (AvgIpc) is 3.03. The van der Waals surface area contributed by atoms with Crippen LogP contribution in [0.25, 0.3) is 0 Å². The molecule has 3 aromatic carbocycles. The minimum absolute atomic E-state index is 0.0232. The third kappa shape index (κ3) is 5.40. The molecule has 1 amide bonds. The number of terminal acetylenes is 1. The Kier molecular flexibility index (Phi) is 7.30. The van der Waals surface area contributed by atoms with Gasteiger partial charge >= 0.3 is 0 Å². The number of aryl methyl sites for hydroxylation is 1. The van der Waals surface area contributed by atoms with E-state index >= 15 is 4.39 Å². The molecule has 0 unspecified atom stereocenters. The number of phenols is 1. The molecule has 0 saturated carbocycles. The summed E-state index contributed by atoms with van der Waals surface area (Å²) in [6.45, 7) is 5.48. The number of anilines is 2. The highest BCUT2D eigenvalue weighted by atomic mass is 32.2. The van der Waals surface area contributed by atoms with Crippen molar-refractivity contribution in [3.63, 3.8) is 0 Å². The number of allylic oxidation sites excluding steroid dienone is 1. The van der Waals surface area contributed by atoms with Gasteiger partial charge in [-0.3, -0.25) is 9.69 Å². The van der Waals surface area contributed by atoms with Crippen LogP contribution in [0.2, 0.25) is 0 Å². The van der Waals surface area contributed by atoms with E-state index in [1.54, 1.807) is 12.1 Å². The summed E-state index contributed by atoms with van der Waals surface area (Å²) >= 11 is 0. The topological polar surface area (TPSA) is 95.9 Å². The van der Waals surface area contributed by atoms with Gasteiger partial charge in [0.05, 0.1) is 22.8 Å². The Hall–Kier alpha value is -4.29. The van der Waals surface area contributed by atoms with Crippen molar-refractivity contribution in [3.05, 3.63) is 93.8 Å². The van der Waals surface area contributed by atoms with Crippen LogP contribution in [0.5, 0.6) is 11.5 Å². The Labute approximate surface area is 239 Å². The molecule has 2 aliphatic rings. The molecule has 0 fully saturated rings. The summed E-state index contributed by atoms with van der Waals surface area (Å²) in [7, 11) is -4.01. The fourth-order valence-corrected chi connectivity index (χ4v) is 8.02. The van der Waals surface area contributed by atoms with Crippen molar-refractivity contribution in [1.82, 2.24) is 0 Å². The number of carbonyl (C=O) groups is 1. The molecule has 0 bridgehead atoms. The molecule has 41 heavy (non-hydrogen) atoms. The zero-order valence-electron chi connectivity index (χ0n) is 23.1. The lowest BCUT2D eigenvalue weighted by Crippen LogP contribution is -2.42. The van der Waals surface area contributed by atoms with Crippen LogP contribution in [-0.2, 0) is 21.1 Å². The first-order valence-electron chi connectivity index (χ1n) is 13.2. The van der Waals surface area contributed by atoms with Crippen molar-refractivity contribution < 1.29 is 27.4 Å². The number of carbonyl (C=O) groups excluding carboxylic acids is 1. The van der Waals surface area contributed by atoms with Gasteiger partial charge in [-0.2, -0.15) is 0 Å². The molecule has 5 rings (SSSR count). The van der Waals surface area contributed by atoms with Crippen LogP contribution in [0.4, 0.5) is 15.8 Å². The van der Waals surface area contributed by atoms with Gasteiger partial charge in [-0.15, -0.1) is 6.42 Å². The quantitative estimate of drug-likeness (QED) is 0.302. The number of rotatable bonds is 5. The maximum absolute atomic E-state index is 16.0. The Morgan fingerprint density at radius 2 is 1.95 bits per heavy atom. The fraction of sp³-hybridized carbons (Fsp3) is 0.281. The van der Waals surface area contributed by atoms with Crippen LogP contribution >= 0.6 is 0 Å². The minimum Gasteiger partial charge on any atom is -0.506 e. The number of nitrogens with zero attached hydrogens (tertiary/aromatic N) is 1. The first kappa shape index (κ1) is 28.2. The number of para-hydroxylation sites is 1. The van der Waals surface area contributed by atoms with Gasteiger partial charge < -0.3 is 15.2 Å². The highest BCUT2D eigenvalue weighted by molar-refractivity contribution is 7.95. The Bertz CT molecular complexity index is 1720. The van der Waals surface area contributed by atoms with E-state index in [1.165, 1.54) is 23.1 Å². The maximum Gasteiger partial charge on any atom is 0.232 e. The van der Waals surface area contributed by atoms with Gasteiger partial charge in [0.1, 0.15) is 35.7 Å². The molecule has 0 saturated heterocycles. The van der Waals surface area contributed by atoms with E-state index in [9.17, 15) is 18.3 Å². The van der Waals surface area contributed by atoms with Gasteiger partial charge in [0.2, 0.25) is 5.91 Å². The SMILES string of the molecule is C#CCOc1ccc([C@@H]2C3=C(CC(C)(C)CS3(=O)=O)Nc3c(O)cccc3N2C(=O)Cc2ccccc2C)c(F)c1. The van der Waals surface area contributed by atoms with Crippen molar-refractivity contribution in [2.75, 3.05) is 22.6 Å². The molecule has 1 atom stereocenters. The van der Waals surface area contributed by atoms with Gasteiger partial charge in [-0.1, -0.05) is 50.1 Å². The van der Waals surface area contributed by atoms with E-state index in [2.05, 4.69) is 11.2 Å². The monoisotopic (exact) mass is 574 g/mol. The number of amides is 1. The van der Waals surface area contributed by atoms with E-state index in [1.807, 2.05) is 45.0 Å². The van der Waals surface area contributed by atoms with Crippen molar-refractivity contribution in [1.29, 1.82) is 0 Å². The van der Waals surface area contributed by atoms with Gasteiger partial charge in [0.25, 0.3) is 0 Å². The fourth-order valence-electron chi connectivity index (χ4n) is 5.66. The van der Waals surface area contributed by atoms with Crippen LogP contribution in [0.15, 0.2) is 71.3 Å². The van der Waals surface area contributed by atoms with Crippen LogP contribution in [-0.4, -0.2) is 31.8 Å². The highest BCUT2D eigenvalue weighted by Gasteiger charge is 2.47. The summed E-state index contributed by atoms with van der Waals surface area (Å²) in [5.41, 5.74) is 1.69. The molecule has 0 aromatic heterocycles. The molecule has 9 heteroatoms. The number of halogens is 1. The van der Waals surface area contributed by atoms with Crippen molar-refractivity contribution in [3.8, 4) is 23.8 Å². The summed E-state index contributed by atoms with van der Waals surface area (Å²) in [6, 6.07) is 14.7. The van der Waals surface area contributed by atoms with Crippen LogP contribution in [0.3, 0.4) is 0 Å². The number of phenolic OH excluding ortho intramolecular Hbond substituents is 1. The van der Waals surface area contributed by atoms with Gasteiger partial charge in [-0.05, 0) is 54.2 Å². The van der Waals surface area contributed by atoms with E-state index in [0.29, 0.717) is 12.1 Å². The second-order valence-corrected chi connectivity index (χ2v) is 13.1. The number of hydrogen-bond acceptors (Lipinski definition) is 6. The molecule has 0 radical (unpaired) electrons. The van der Waals surface area contributed by atoms with E-state index in [4.69, 9.17) is 11.2 Å². The zero-order valence-corrected chi connectivity index (χ0v) is 23.9. The summed E-state index contributed by atoms with van der Waals surface area (Å²) in [5, 5.41) is 14.1. The summed E-state index contributed by atoms with van der Waals surface area (Å²) in [4.78, 5) is 15.5. The Balaban J connectivity index is 1.79. The average molecular weight is 575 g/mol. The number of fused-ring (bicyclic) bond motifs is 1. The normalized spacial score (nSPS) is 18.8. The summed E-state index contributed by atoms with van der Waals surface area (Å²) in [5.74, 6) is 0.932. The number of aromatic hydroxyl groups is 1. The molecule has 2 N–H and O–H groups in total. The molecular weight excluding hydrogens is 543 g/mol. The predicted molar refractivity (Wildman–Crippen MR) is 157 cm³/mol. The van der Waals surface area contributed by atoms with Crippen LogP contribution < -0.4 is 15.0 Å². The smallest absolute Gasteiger partial charge is 0.232 e. The van der Waals surface area contributed by atoms with Gasteiger partial charge in [0.15, 0.2) is 9.84 Å². The number of benzene rings is 3. The molecule has 0 spiro atoms. The standard InChI is InChI=1S/C32H31FN2O5S/c1-5-15-40-22-13-14-23(24(33)17-22)30-31-25(18-32(3,4)19-41(31,38)39)34-29-26(11-8-12-27(29)36)35(30)28(37)16-21-10-7-6-9-20(21)2/h1,6-14,17,30,34,36H,15-16,18-19H2,2-4H3/t30-/m1/s1. The third-order valence-corrected chi connectivity index (χ3v) is 9.69. The molecular formula is C32H31FN2O5S. The third-order valence-electron chi connectivity index (χ3n) is 7.39. The first-order chi connectivity index (χ1) is 19.4. The summed E-state index contributed by atoms with van der Waals surface area (Å²) in [6.07, 6.45) is 5.50. The lowest BCUT2D eigenvalue weighted by molar-refractivity contribution is -0.118. The molecule has 7 nitrogen and oxygen atoms in total. The second kappa shape index (κ2) is 10.6. The number of sulfone groups is 1. The lowest BCUT2D eigenvalue weighted by Gasteiger charge is -2.37. The number of hydrogen-bond donors (Lipinski definition) is 2. The van der Waals surface area contributed by atoms with Crippen LogP contribution in [0.1, 0.15) is 43.0 Å². The Morgan fingerprint density at radius 3 is 2.66 bits per heavy atom. The summed E-state index contributed by atoms with van der Waals surface area (Å²) < 4.78 is 49.4. The molecule has 212 valence electrons. The number of ether oxygens (including phenoxy) is 1. The lowest BCUT2D eigenvalue weighted by atomic mass is 9.88. The Morgan fingerprint density at radius 1 is 1.20 bits per heavy atom. The van der Waals surface area contributed by atoms with Crippen molar-refractivity contribution in [2.24, 2.45) is 5.41 Å².